The smallest absolute Gasteiger partial charge is 0.230 e. The normalized spacial score (nSPS) is 18.2. The highest BCUT2D eigenvalue weighted by Gasteiger charge is 2.21. The van der Waals surface area contributed by atoms with Crippen LogP contribution in [0.4, 0.5) is 4.39 Å². The van der Waals surface area contributed by atoms with Crippen LogP contribution in [0.2, 0.25) is 0 Å². The molecule has 1 amide bonds. The Balaban J connectivity index is 1.49. The van der Waals surface area contributed by atoms with Gasteiger partial charge in [-0.05, 0) is 63.0 Å². The second-order valence-corrected chi connectivity index (χ2v) is 8.83. The predicted molar refractivity (Wildman–Crippen MR) is 112 cm³/mol. The van der Waals surface area contributed by atoms with Crippen molar-refractivity contribution in [3.63, 3.8) is 0 Å². The Morgan fingerprint density at radius 3 is 2.52 bits per heavy atom. The standard InChI is InChI=1S/C21H28FN5OS/c22-16-8-10-18(11-9-16)27-19(14-26-12-4-1-5-13-26)24-25-21(27)29-15-20(28)23-17-6-2-3-7-17/h8-11,17H,1-7,12-15H2,(H,23,28). The lowest BCUT2D eigenvalue weighted by Gasteiger charge is -2.26. The van der Waals surface area contributed by atoms with E-state index >= 15 is 0 Å². The fraction of sp³-hybridized carbons (Fsp3) is 0.571. The minimum Gasteiger partial charge on any atom is -0.353 e. The Hall–Kier alpha value is -1.93. The Morgan fingerprint density at radius 1 is 1.07 bits per heavy atom. The van der Waals surface area contributed by atoms with Gasteiger partial charge in [0.25, 0.3) is 0 Å². The number of carbonyl (C=O) groups is 1. The minimum atomic E-state index is -0.274. The van der Waals surface area contributed by atoms with Crippen LogP contribution in [0.25, 0.3) is 5.69 Å². The number of hydrogen-bond donors (Lipinski definition) is 1. The SMILES string of the molecule is O=C(CSc1nnc(CN2CCCCC2)n1-c1ccc(F)cc1)NC1CCCC1. The summed E-state index contributed by atoms with van der Waals surface area (Å²) in [6.07, 6.45) is 8.21. The number of rotatable bonds is 7. The van der Waals surface area contributed by atoms with Crippen LogP contribution < -0.4 is 5.32 Å². The Labute approximate surface area is 175 Å². The van der Waals surface area contributed by atoms with Crippen molar-refractivity contribution in [2.24, 2.45) is 0 Å². The number of thioether (sulfide) groups is 1. The van der Waals surface area contributed by atoms with E-state index in [9.17, 15) is 9.18 Å². The van der Waals surface area contributed by atoms with E-state index in [0.29, 0.717) is 23.5 Å². The molecule has 4 rings (SSSR count). The number of likely N-dealkylation sites (tertiary alicyclic amines) is 1. The topological polar surface area (TPSA) is 63.1 Å². The van der Waals surface area contributed by atoms with Crippen molar-refractivity contribution in [3.8, 4) is 5.69 Å². The Bertz CT molecular complexity index is 813. The van der Waals surface area contributed by atoms with Crippen LogP contribution in [-0.4, -0.2) is 50.5 Å². The summed E-state index contributed by atoms with van der Waals surface area (Å²) < 4.78 is 15.4. The summed E-state index contributed by atoms with van der Waals surface area (Å²) in [5.74, 6) is 0.898. The van der Waals surface area contributed by atoms with E-state index in [2.05, 4.69) is 20.4 Å². The lowest BCUT2D eigenvalue weighted by atomic mass is 10.1. The average molecular weight is 418 g/mol. The third-order valence-corrected chi connectivity index (χ3v) is 6.58. The highest BCUT2D eigenvalue weighted by atomic mass is 32.2. The van der Waals surface area contributed by atoms with E-state index < -0.39 is 0 Å². The highest BCUT2D eigenvalue weighted by Crippen LogP contribution is 2.24. The highest BCUT2D eigenvalue weighted by molar-refractivity contribution is 7.99. The first kappa shape index (κ1) is 20.3. The molecule has 29 heavy (non-hydrogen) atoms. The molecule has 1 saturated heterocycles. The maximum atomic E-state index is 13.4. The molecule has 0 bridgehead atoms. The van der Waals surface area contributed by atoms with Crippen molar-refractivity contribution >= 4 is 17.7 Å². The van der Waals surface area contributed by atoms with E-state index in [1.807, 2.05) is 4.57 Å². The van der Waals surface area contributed by atoms with Crippen LogP contribution in [0, 0.1) is 5.82 Å². The van der Waals surface area contributed by atoms with Gasteiger partial charge in [-0.15, -0.1) is 10.2 Å². The second-order valence-electron chi connectivity index (χ2n) is 7.89. The zero-order chi connectivity index (χ0) is 20.1. The molecule has 6 nitrogen and oxygen atoms in total. The molecule has 1 aliphatic heterocycles. The van der Waals surface area contributed by atoms with Gasteiger partial charge in [0.1, 0.15) is 5.82 Å². The predicted octanol–water partition coefficient (Wildman–Crippen LogP) is 3.54. The number of benzene rings is 1. The van der Waals surface area contributed by atoms with Gasteiger partial charge in [-0.25, -0.2) is 4.39 Å². The molecule has 2 fully saturated rings. The van der Waals surface area contributed by atoms with Crippen LogP contribution in [0.5, 0.6) is 0 Å². The van der Waals surface area contributed by atoms with Crippen molar-refractivity contribution in [3.05, 3.63) is 35.9 Å². The largest absolute Gasteiger partial charge is 0.353 e. The van der Waals surface area contributed by atoms with E-state index in [-0.39, 0.29) is 11.7 Å². The zero-order valence-corrected chi connectivity index (χ0v) is 17.5. The molecule has 0 unspecified atom stereocenters. The maximum Gasteiger partial charge on any atom is 0.230 e. The summed E-state index contributed by atoms with van der Waals surface area (Å²) in [6.45, 7) is 2.82. The first-order chi connectivity index (χ1) is 14.2. The van der Waals surface area contributed by atoms with Crippen molar-refractivity contribution < 1.29 is 9.18 Å². The Morgan fingerprint density at radius 2 is 1.79 bits per heavy atom. The number of hydrogen-bond acceptors (Lipinski definition) is 5. The number of nitrogens with one attached hydrogen (secondary N) is 1. The summed E-state index contributed by atoms with van der Waals surface area (Å²) in [4.78, 5) is 14.7. The maximum absolute atomic E-state index is 13.4. The third kappa shape index (κ3) is 5.36. The van der Waals surface area contributed by atoms with Gasteiger partial charge in [0.15, 0.2) is 11.0 Å². The molecule has 2 heterocycles. The molecule has 1 aromatic heterocycles. The van der Waals surface area contributed by atoms with Gasteiger partial charge < -0.3 is 5.32 Å². The van der Waals surface area contributed by atoms with Gasteiger partial charge in [0.2, 0.25) is 5.91 Å². The average Bonchev–Trinajstić information content (AvgIpc) is 3.38. The molecule has 8 heteroatoms. The molecule has 0 atom stereocenters. The summed E-state index contributed by atoms with van der Waals surface area (Å²) in [7, 11) is 0. The van der Waals surface area contributed by atoms with E-state index in [1.54, 1.807) is 12.1 Å². The van der Waals surface area contributed by atoms with E-state index in [1.165, 1.54) is 56.0 Å². The number of piperidine rings is 1. The molecule has 0 radical (unpaired) electrons. The van der Waals surface area contributed by atoms with Crippen molar-refractivity contribution in [2.75, 3.05) is 18.8 Å². The van der Waals surface area contributed by atoms with Gasteiger partial charge in [-0.3, -0.25) is 14.3 Å². The molecule has 1 aromatic carbocycles. The number of amides is 1. The summed E-state index contributed by atoms with van der Waals surface area (Å²) in [5.41, 5.74) is 0.821. The zero-order valence-electron chi connectivity index (χ0n) is 16.6. The molecule has 1 N–H and O–H groups in total. The first-order valence-corrected chi connectivity index (χ1v) is 11.5. The minimum absolute atomic E-state index is 0.0353. The fourth-order valence-corrected chi connectivity index (χ4v) is 4.91. The fourth-order valence-electron chi connectivity index (χ4n) is 4.13. The van der Waals surface area contributed by atoms with Crippen molar-refractivity contribution in [2.45, 2.75) is 62.7 Å². The van der Waals surface area contributed by atoms with Crippen LogP contribution >= 0.6 is 11.8 Å². The van der Waals surface area contributed by atoms with E-state index in [0.717, 1.165) is 37.4 Å². The Kier molecular flexibility index (Phi) is 6.82. The monoisotopic (exact) mass is 417 g/mol. The van der Waals surface area contributed by atoms with Crippen LogP contribution in [0.3, 0.4) is 0 Å². The van der Waals surface area contributed by atoms with Crippen molar-refractivity contribution in [1.29, 1.82) is 0 Å². The molecule has 2 aliphatic rings. The lowest BCUT2D eigenvalue weighted by molar-refractivity contribution is -0.119. The molecular weight excluding hydrogens is 389 g/mol. The van der Waals surface area contributed by atoms with Crippen LogP contribution in [-0.2, 0) is 11.3 Å². The molecule has 1 aliphatic carbocycles. The van der Waals surface area contributed by atoms with E-state index in [4.69, 9.17) is 0 Å². The number of nitrogens with zero attached hydrogens (tertiary/aromatic N) is 4. The molecule has 2 aromatic rings. The van der Waals surface area contributed by atoms with Crippen LogP contribution in [0.1, 0.15) is 50.8 Å². The summed E-state index contributed by atoms with van der Waals surface area (Å²) in [6, 6.07) is 6.68. The van der Waals surface area contributed by atoms with Gasteiger partial charge >= 0.3 is 0 Å². The van der Waals surface area contributed by atoms with Crippen LogP contribution in [0.15, 0.2) is 29.4 Å². The van der Waals surface area contributed by atoms with Gasteiger partial charge in [-0.1, -0.05) is 31.0 Å². The summed E-state index contributed by atoms with van der Waals surface area (Å²) in [5, 5.41) is 12.6. The van der Waals surface area contributed by atoms with Gasteiger partial charge in [-0.2, -0.15) is 0 Å². The van der Waals surface area contributed by atoms with Crippen molar-refractivity contribution in [1.82, 2.24) is 25.0 Å². The molecule has 1 saturated carbocycles. The number of halogens is 1. The summed E-state index contributed by atoms with van der Waals surface area (Å²) >= 11 is 1.39. The van der Waals surface area contributed by atoms with Gasteiger partial charge in [0, 0.05) is 11.7 Å². The number of aromatic nitrogens is 3. The van der Waals surface area contributed by atoms with Gasteiger partial charge in [0.05, 0.1) is 12.3 Å². The lowest BCUT2D eigenvalue weighted by Crippen LogP contribution is -2.33. The quantitative estimate of drug-likeness (QED) is 0.698. The molecule has 0 spiro atoms. The number of carbonyl (C=O) groups excluding carboxylic acids is 1. The second kappa shape index (κ2) is 9.71. The third-order valence-electron chi connectivity index (χ3n) is 5.65. The first-order valence-electron chi connectivity index (χ1n) is 10.5. The molecule has 156 valence electrons. The molecular formula is C21H28FN5OS.